The first kappa shape index (κ1) is 11.4. The van der Waals surface area contributed by atoms with E-state index >= 15 is 0 Å². The Balaban J connectivity index is 1.32. The average Bonchev–Trinajstić information content (AvgIpc) is 2.92. The van der Waals surface area contributed by atoms with Crippen LogP contribution in [0.2, 0.25) is 0 Å². The van der Waals surface area contributed by atoms with Crippen molar-refractivity contribution in [2.45, 2.75) is 57.4 Å². The van der Waals surface area contributed by atoms with E-state index in [1.807, 2.05) is 0 Å². The van der Waals surface area contributed by atoms with Gasteiger partial charge in [-0.05, 0) is 51.0 Å². The molecule has 0 amide bonds. The van der Waals surface area contributed by atoms with Crippen molar-refractivity contribution in [1.29, 1.82) is 0 Å². The lowest BCUT2D eigenvalue weighted by Crippen LogP contribution is -2.18. The van der Waals surface area contributed by atoms with Gasteiger partial charge in [0.15, 0.2) is 0 Å². The van der Waals surface area contributed by atoms with E-state index in [0.29, 0.717) is 0 Å². The normalized spacial score (nSPS) is 22.4. The first-order valence-electron chi connectivity index (χ1n) is 6.76. The van der Waals surface area contributed by atoms with Gasteiger partial charge in [-0.25, -0.2) is 0 Å². The molecular formula is C13H25NO. The Hall–Kier alpha value is -0.0800. The summed E-state index contributed by atoms with van der Waals surface area (Å²) in [6, 6.07) is 0.865. The fraction of sp³-hybridized carbons (Fsp3) is 1.00. The highest BCUT2D eigenvalue weighted by atomic mass is 16.5. The third-order valence-electron chi connectivity index (χ3n) is 3.55. The van der Waals surface area contributed by atoms with E-state index < -0.39 is 0 Å². The predicted octanol–water partition coefficient (Wildman–Crippen LogP) is 2.73. The van der Waals surface area contributed by atoms with Crippen LogP contribution in [0.25, 0.3) is 0 Å². The maximum atomic E-state index is 5.71. The van der Waals surface area contributed by atoms with E-state index in [0.717, 1.165) is 25.2 Å². The van der Waals surface area contributed by atoms with E-state index in [4.69, 9.17) is 4.74 Å². The Labute approximate surface area is 93.8 Å². The fourth-order valence-corrected chi connectivity index (χ4v) is 2.35. The molecule has 2 rings (SSSR count). The Morgan fingerprint density at radius 2 is 1.80 bits per heavy atom. The molecule has 1 N–H and O–H groups in total. The predicted molar refractivity (Wildman–Crippen MR) is 63.0 cm³/mol. The lowest BCUT2D eigenvalue weighted by molar-refractivity contribution is 0.0982. The van der Waals surface area contributed by atoms with Gasteiger partial charge in [-0.1, -0.05) is 12.8 Å². The van der Waals surface area contributed by atoms with Crippen LogP contribution in [0.1, 0.15) is 51.4 Å². The quantitative estimate of drug-likeness (QED) is 0.623. The molecule has 2 nitrogen and oxygen atoms in total. The largest absolute Gasteiger partial charge is 0.381 e. The first-order valence-corrected chi connectivity index (χ1v) is 6.76. The van der Waals surface area contributed by atoms with Crippen molar-refractivity contribution in [3.8, 4) is 0 Å². The number of hydrogen-bond acceptors (Lipinski definition) is 2. The molecule has 0 heterocycles. The van der Waals surface area contributed by atoms with Crippen LogP contribution in [0.15, 0.2) is 0 Å². The van der Waals surface area contributed by atoms with Crippen LogP contribution in [0.5, 0.6) is 0 Å². The number of hydrogen-bond donors (Lipinski definition) is 1. The van der Waals surface area contributed by atoms with Crippen LogP contribution >= 0.6 is 0 Å². The van der Waals surface area contributed by atoms with Crippen LogP contribution in [-0.2, 0) is 4.74 Å². The summed E-state index contributed by atoms with van der Waals surface area (Å²) < 4.78 is 5.71. The maximum absolute atomic E-state index is 5.71. The summed E-state index contributed by atoms with van der Waals surface area (Å²) in [5.41, 5.74) is 0. The highest BCUT2D eigenvalue weighted by molar-refractivity contribution is 4.80. The first-order chi connectivity index (χ1) is 7.45. The highest BCUT2D eigenvalue weighted by Crippen LogP contribution is 2.24. The minimum Gasteiger partial charge on any atom is -0.381 e. The molecule has 0 spiro atoms. The van der Waals surface area contributed by atoms with Crippen molar-refractivity contribution in [2.24, 2.45) is 5.92 Å². The van der Waals surface area contributed by atoms with Crippen LogP contribution < -0.4 is 5.32 Å². The monoisotopic (exact) mass is 211 g/mol. The SMILES string of the molecule is C(CCOCC1CCCC1)CNC1CC1. The van der Waals surface area contributed by atoms with Crippen LogP contribution in [0, 0.1) is 5.92 Å². The molecule has 0 bridgehead atoms. The summed E-state index contributed by atoms with van der Waals surface area (Å²) >= 11 is 0. The second-order valence-electron chi connectivity index (χ2n) is 5.16. The minimum atomic E-state index is 0.865. The molecule has 88 valence electrons. The van der Waals surface area contributed by atoms with Crippen molar-refractivity contribution >= 4 is 0 Å². The van der Waals surface area contributed by atoms with Gasteiger partial charge in [0.2, 0.25) is 0 Å². The molecule has 0 aromatic rings. The van der Waals surface area contributed by atoms with E-state index in [1.165, 1.54) is 57.9 Å². The molecule has 2 saturated carbocycles. The van der Waals surface area contributed by atoms with Gasteiger partial charge < -0.3 is 10.1 Å². The standard InChI is InChI=1S/C13H25NO/c1-2-6-12(5-1)11-15-10-4-3-9-14-13-7-8-13/h12-14H,1-11H2. The summed E-state index contributed by atoms with van der Waals surface area (Å²) in [4.78, 5) is 0. The summed E-state index contributed by atoms with van der Waals surface area (Å²) in [5, 5.41) is 3.53. The number of ether oxygens (including phenoxy) is 1. The van der Waals surface area contributed by atoms with Gasteiger partial charge in [0, 0.05) is 19.3 Å². The summed E-state index contributed by atoms with van der Waals surface area (Å²) in [7, 11) is 0. The average molecular weight is 211 g/mol. The molecule has 2 fully saturated rings. The molecule has 0 radical (unpaired) electrons. The molecule has 0 aromatic heterocycles. The minimum absolute atomic E-state index is 0.865. The molecular weight excluding hydrogens is 186 g/mol. The fourth-order valence-electron chi connectivity index (χ4n) is 2.35. The Morgan fingerprint density at radius 3 is 2.53 bits per heavy atom. The van der Waals surface area contributed by atoms with Crippen molar-refractivity contribution in [3.63, 3.8) is 0 Å². The molecule has 0 aromatic carbocycles. The van der Waals surface area contributed by atoms with Gasteiger partial charge in [0.25, 0.3) is 0 Å². The van der Waals surface area contributed by atoms with Gasteiger partial charge in [-0.3, -0.25) is 0 Å². The molecule has 2 aliphatic carbocycles. The highest BCUT2D eigenvalue weighted by Gasteiger charge is 2.19. The molecule has 2 aliphatic rings. The zero-order valence-corrected chi connectivity index (χ0v) is 9.84. The third-order valence-corrected chi connectivity index (χ3v) is 3.55. The van der Waals surface area contributed by atoms with E-state index in [-0.39, 0.29) is 0 Å². The van der Waals surface area contributed by atoms with E-state index in [2.05, 4.69) is 5.32 Å². The van der Waals surface area contributed by atoms with Gasteiger partial charge in [0.05, 0.1) is 0 Å². The van der Waals surface area contributed by atoms with Crippen LogP contribution in [-0.4, -0.2) is 25.8 Å². The Bertz CT molecular complexity index is 162. The zero-order chi connectivity index (χ0) is 10.3. The topological polar surface area (TPSA) is 21.3 Å². The third kappa shape index (κ3) is 4.98. The van der Waals surface area contributed by atoms with Crippen molar-refractivity contribution in [3.05, 3.63) is 0 Å². The summed E-state index contributed by atoms with van der Waals surface area (Å²) in [6.45, 7) is 3.19. The number of rotatable bonds is 8. The molecule has 15 heavy (non-hydrogen) atoms. The van der Waals surface area contributed by atoms with Crippen molar-refractivity contribution in [1.82, 2.24) is 5.32 Å². The lowest BCUT2D eigenvalue weighted by atomic mass is 10.1. The van der Waals surface area contributed by atoms with Gasteiger partial charge in [-0.15, -0.1) is 0 Å². The Kier molecular flexibility index (Phi) is 4.94. The van der Waals surface area contributed by atoms with Crippen LogP contribution in [0.3, 0.4) is 0 Å². The number of unbranched alkanes of at least 4 members (excludes halogenated alkanes) is 1. The lowest BCUT2D eigenvalue weighted by Gasteiger charge is -2.09. The molecule has 0 saturated heterocycles. The second-order valence-corrected chi connectivity index (χ2v) is 5.16. The molecule has 2 heteroatoms. The van der Waals surface area contributed by atoms with E-state index in [9.17, 15) is 0 Å². The van der Waals surface area contributed by atoms with Gasteiger partial charge >= 0.3 is 0 Å². The molecule has 0 unspecified atom stereocenters. The van der Waals surface area contributed by atoms with Crippen molar-refractivity contribution in [2.75, 3.05) is 19.8 Å². The van der Waals surface area contributed by atoms with Gasteiger partial charge in [-0.2, -0.15) is 0 Å². The van der Waals surface area contributed by atoms with Crippen LogP contribution in [0.4, 0.5) is 0 Å². The zero-order valence-electron chi connectivity index (χ0n) is 9.84. The second kappa shape index (κ2) is 6.49. The molecule has 0 atom stereocenters. The summed E-state index contributed by atoms with van der Waals surface area (Å²) in [5.74, 6) is 0.884. The maximum Gasteiger partial charge on any atom is 0.0494 e. The molecule has 0 aliphatic heterocycles. The van der Waals surface area contributed by atoms with E-state index in [1.54, 1.807) is 0 Å². The Morgan fingerprint density at radius 1 is 1.00 bits per heavy atom. The van der Waals surface area contributed by atoms with Crippen molar-refractivity contribution < 1.29 is 4.74 Å². The summed E-state index contributed by atoms with van der Waals surface area (Å²) in [6.07, 6.45) is 11.0. The van der Waals surface area contributed by atoms with Gasteiger partial charge in [0.1, 0.15) is 0 Å². The smallest absolute Gasteiger partial charge is 0.0494 e. The number of nitrogens with one attached hydrogen (secondary N) is 1.